The van der Waals surface area contributed by atoms with E-state index in [1.165, 1.54) is 18.3 Å². The summed E-state index contributed by atoms with van der Waals surface area (Å²) < 4.78 is 5.15. The van der Waals surface area contributed by atoms with Crippen molar-refractivity contribution in [3.8, 4) is 0 Å². The Bertz CT molecular complexity index is 404. The standard InChI is InChI=1S/C12H17N3O3/c1-2-18-7-3-6-14-12(17)9-4-5-10(11(13)16)15-8-9/h4-5,8H,2-3,6-7H2,1H3,(H2,13,16)(H,14,17). The maximum absolute atomic E-state index is 11.7. The van der Waals surface area contributed by atoms with Crippen molar-refractivity contribution in [2.75, 3.05) is 19.8 Å². The second-order valence-electron chi connectivity index (χ2n) is 3.60. The highest BCUT2D eigenvalue weighted by Crippen LogP contribution is 1.99. The molecule has 0 fully saturated rings. The van der Waals surface area contributed by atoms with Gasteiger partial charge in [-0.25, -0.2) is 0 Å². The third-order valence-corrected chi connectivity index (χ3v) is 2.23. The summed E-state index contributed by atoms with van der Waals surface area (Å²) in [6, 6.07) is 2.95. The highest BCUT2D eigenvalue weighted by Gasteiger charge is 2.07. The fourth-order valence-corrected chi connectivity index (χ4v) is 1.30. The highest BCUT2D eigenvalue weighted by molar-refractivity contribution is 5.95. The Labute approximate surface area is 106 Å². The molecular weight excluding hydrogens is 234 g/mol. The van der Waals surface area contributed by atoms with Crippen LogP contribution in [0, 0.1) is 0 Å². The minimum absolute atomic E-state index is 0.142. The van der Waals surface area contributed by atoms with E-state index >= 15 is 0 Å². The Balaban J connectivity index is 2.39. The number of carbonyl (C=O) groups excluding carboxylic acids is 2. The molecule has 0 bridgehead atoms. The first-order valence-electron chi connectivity index (χ1n) is 5.77. The summed E-state index contributed by atoms with van der Waals surface area (Å²) in [6.45, 7) is 3.75. The molecule has 1 aromatic heterocycles. The summed E-state index contributed by atoms with van der Waals surface area (Å²) >= 11 is 0. The van der Waals surface area contributed by atoms with E-state index in [0.29, 0.717) is 25.3 Å². The summed E-state index contributed by atoms with van der Waals surface area (Å²) in [7, 11) is 0. The lowest BCUT2D eigenvalue weighted by Gasteiger charge is -2.05. The summed E-state index contributed by atoms with van der Waals surface area (Å²) in [5.74, 6) is -0.839. The molecule has 1 rings (SSSR count). The van der Waals surface area contributed by atoms with Crippen LogP contribution in [0.25, 0.3) is 0 Å². The van der Waals surface area contributed by atoms with Crippen LogP contribution in [0.4, 0.5) is 0 Å². The fraction of sp³-hybridized carbons (Fsp3) is 0.417. The quantitative estimate of drug-likeness (QED) is 0.683. The molecule has 0 aliphatic heterocycles. The number of aromatic nitrogens is 1. The van der Waals surface area contributed by atoms with Gasteiger partial charge >= 0.3 is 0 Å². The Kier molecular flexibility index (Phi) is 5.79. The molecule has 2 amide bonds. The number of nitrogens with one attached hydrogen (secondary N) is 1. The largest absolute Gasteiger partial charge is 0.382 e. The molecule has 0 spiro atoms. The predicted molar refractivity (Wildman–Crippen MR) is 66.2 cm³/mol. The van der Waals surface area contributed by atoms with E-state index in [0.717, 1.165) is 6.42 Å². The van der Waals surface area contributed by atoms with Crippen LogP contribution in [0.15, 0.2) is 18.3 Å². The monoisotopic (exact) mass is 251 g/mol. The number of ether oxygens (including phenoxy) is 1. The molecule has 6 heteroatoms. The summed E-state index contributed by atoms with van der Waals surface area (Å²) in [5.41, 5.74) is 5.59. The van der Waals surface area contributed by atoms with E-state index in [4.69, 9.17) is 10.5 Å². The van der Waals surface area contributed by atoms with Gasteiger partial charge < -0.3 is 15.8 Å². The van der Waals surface area contributed by atoms with E-state index in [2.05, 4.69) is 10.3 Å². The first-order valence-corrected chi connectivity index (χ1v) is 5.77. The van der Waals surface area contributed by atoms with Gasteiger partial charge in [-0.1, -0.05) is 0 Å². The number of amides is 2. The zero-order chi connectivity index (χ0) is 13.4. The van der Waals surface area contributed by atoms with Gasteiger partial charge in [-0.2, -0.15) is 0 Å². The van der Waals surface area contributed by atoms with E-state index in [-0.39, 0.29) is 11.6 Å². The maximum atomic E-state index is 11.7. The van der Waals surface area contributed by atoms with E-state index in [1.807, 2.05) is 6.92 Å². The van der Waals surface area contributed by atoms with Crippen molar-refractivity contribution in [2.24, 2.45) is 5.73 Å². The van der Waals surface area contributed by atoms with Gasteiger partial charge in [0.2, 0.25) is 0 Å². The number of carbonyl (C=O) groups is 2. The van der Waals surface area contributed by atoms with Crippen LogP contribution in [0.2, 0.25) is 0 Å². The van der Waals surface area contributed by atoms with Crippen molar-refractivity contribution in [1.82, 2.24) is 10.3 Å². The van der Waals surface area contributed by atoms with Gasteiger partial charge in [-0.05, 0) is 25.5 Å². The van der Waals surface area contributed by atoms with Gasteiger partial charge in [0.05, 0.1) is 5.56 Å². The number of pyridine rings is 1. The summed E-state index contributed by atoms with van der Waals surface area (Å²) in [4.78, 5) is 26.2. The lowest BCUT2D eigenvalue weighted by molar-refractivity contribution is 0.0940. The van der Waals surface area contributed by atoms with Crippen LogP contribution >= 0.6 is 0 Å². The van der Waals surface area contributed by atoms with Crippen LogP contribution in [-0.2, 0) is 4.74 Å². The number of primary amides is 1. The minimum atomic E-state index is -0.612. The van der Waals surface area contributed by atoms with Gasteiger partial charge in [0.1, 0.15) is 5.69 Å². The number of hydrogen-bond acceptors (Lipinski definition) is 4. The lowest BCUT2D eigenvalue weighted by Crippen LogP contribution is -2.25. The van der Waals surface area contributed by atoms with E-state index in [1.54, 1.807) is 0 Å². The van der Waals surface area contributed by atoms with Crippen LogP contribution in [0.1, 0.15) is 34.2 Å². The van der Waals surface area contributed by atoms with E-state index < -0.39 is 5.91 Å². The molecule has 0 unspecified atom stereocenters. The first-order chi connectivity index (χ1) is 8.65. The number of hydrogen-bond donors (Lipinski definition) is 2. The van der Waals surface area contributed by atoms with Crippen LogP contribution in [0.5, 0.6) is 0 Å². The van der Waals surface area contributed by atoms with Crippen LogP contribution < -0.4 is 11.1 Å². The Morgan fingerprint density at radius 1 is 1.44 bits per heavy atom. The SMILES string of the molecule is CCOCCCNC(=O)c1ccc(C(N)=O)nc1. The lowest BCUT2D eigenvalue weighted by atomic mass is 10.2. The molecule has 0 aromatic carbocycles. The molecule has 6 nitrogen and oxygen atoms in total. The zero-order valence-corrected chi connectivity index (χ0v) is 10.3. The van der Waals surface area contributed by atoms with Crippen LogP contribution in [-0.4, -0.2) is 36.6 Å². The normalized spacial score (nSPS) is 10.1. The second-order valence-corrected chi connectivity index (χ2v) is 3.60. The smallest absolute Gasteiger partial charge is 0.267 e. The Morgan fingerprint density at radius 2 is 2.22 bits per heavy atom. The van der Waals surface area contributed by atoms with Gasteiger partial charge in [0.25, 0.3) is 11.8 Å². The van der Waals surface area contributed by atoms with Gasteiger partial charge in [-0.15, -0.1) is 0 Å². The first kappa shape index (κ1) is 14.1. The van der Waals surface area contributed by atoms with Crippen molar-refractivity contribution < 1.29 is 14.3 Å². The number of rotatable bonds is 7. The molecule has 3 N–H and O–H groups in total. The third kappa shape index (κ3) is 4.50. The molecule has 0 saturated carbocycles. The van der Waals surface area contributed by atoms with Crippen molar-refractivity contribution >= 4 is 11.8 Å². The number of nitrogens with two attached hydrogens (primary N) is 1. The Morgan fingerprint density at radius 3 is 2.78 bits per heavy atom. The van der Waals surface area contributed by atoms with Crippen molar-refractivity contribution in [3.63, 3.8) is 0 Å². The highest BCUT2D eigenvalue weighted by atomic mass is 16.5. The third-order valence-electron chi connectivity index (χ3n) is 2.23. The van der Waals surface area contributed by atoms with Crippen molar-refractivity contribution in [2.45, 2.75) is 13.3 Å². The Hall–Kier alpha value is -1.95. The average molecular weight is 251 g/mol. The molecule has 0 atom stereocenters. The molecule has 1 heterocycles. The summed E-state index contributed by atoms with van der Waals surface area (Å²) in [5, 5.41) is 2.73. The minimum Gasteiger partial charge on any atom is -0.382 e. The van der Waals surface area contributed by atoms with Gasteiger partial charge in [-0.3, -0.25) is 14.6 Å². The van der Waals surface area contributed by atoms with Crippen molar-refractivity contribution in [1.29, 1.82) is 0 Å². The summed E-state index contributed by atoms with van der Waals surface area (Å²) in [6.07, 6.45) is 2.09. The topological polar surface area (TPSA) is 94.3 Å². The average Bonchev–Trinajstić information content (AvgIpc) is 2.38. The fourth-order valence-electron chi connectivity index (χ4n) is 1.30. The molecule has 98 valence electrons. The molecular formula is C12H17N3O3. The zero-order valence-electron chi connectivity index (χ0n) is 10.3. The van der Waals surface area contributed by atoms with Crippen LogP contribution in [0.3, 0.4) is 0 Å². The molecule has 0 saturated heterocycles. The van der Waals surface area contributed by atoms with Gasteiger partial charge in [0.15, 0.2) is 0 Å². The predicted octanol–water partition coefficient (Wildman–Crippen LogP) is 0.337. The molecule has 18 heavy (non-hydrogen) atoms. The molecule has 0 aliphatic rings. The maximum Gasteiger partial charge on any atom is 0.267 e. The molecule has 1 aromatic rings. The number of nitrogens with zero attached hydrogens (tertiary/aromatic N) is 1. The van der Waals surface area contributed by atoms with Gasteiger partial charge in [0, 0.05) is 26.0 Å². The van der Waals surface area contributed by atoms with E-state index in [9.17, 15) is 9.59 Å². The second kappa shape index (κ2) is 7.39. The molecule has 0 aliphatic carbocycles. The van der Waals surface area contributed by atoms with Crippen molar-refractivity contribution in [3.05, 3.63) is 29.6 Å². The molecule has 0 radical (unpaired) electrons.